The van der Waals surface area contributed by atoms with Crippen molar-refractivity contribution in [3.63, 3.8) is 0 Å². The lowest BCUT2D eigenvalue weighted by molar-refractivity contribution is -0.132. The number of allylic oxidation sites excluding steroid dienone is 1. The van der Waals surface area contributed by atoms with E-state index in [2.05, 4.69) is 6.58 Å². The minimum Gasteiger partial charge on any atom is -0.478 e. The Labute approximate surface area is 58.4 Å². The summed E-state index contributed by atoms with van der Waals surface area (Å²) in [5, 5.41) is 8.30. The molecule has 0 heterocycles. The van der Waals surface area contributed by atoms with Gasteiger partial charge in [-0.1, -0.05) is 17.7 Å². The largest absolute Gasteiger partial charge is 0.478 e. The van der Waals surface area contributed by atoms with Crippen LogP contribution in [0, 0.1) is 0 Å². The molecule has 0 aromatic carbocycles. The third kappa shape index (κ3) is 2.93. The van der Waals surface area contributed by atoms with Crippen molar-refractivity contribution in [1.29, 1.82) is 0 Å². The summed E-state index contributed by atoms with van der Waals surface area (Å²) in [6.45, 7) is 3.37. The molecule has 0 unspecified atom stereocenters. The fourth-order valence-corrected chi connectivity index (χ4v) is 0.516. The fraction of sp³-hybridized carbons (Fsp3) is 0.167. The van der Waals surface area contributed by atoms with Gasteiger partial charge in [-0.2, -0.15) is 0 Å². The van der Waals surface area contributed by atoms with Crippen LogP contribution in [0.2, 0.25) is 0 Å². The zero-order chi connectivity index (χ0) is 7.28. The number of carbonyl (C=O) groups is 1. The predicted molar refractivity (Wildman–Crippen MR) is 36.4 cm³/mol. The average molecular weight is 147 g/mol. The first-order valence-electron chi connectivity index (χ1n) is 2.35. The molecule has 0 aliphatic heterocycles. The summed E-state index contributed by atoms with van der Waals surface area (Å²) in [6.07, 6.45) is 1.79. The third-order valence-corrected chi connectivity index (χ3v) is 1.03. The van der Waals surface area contributed by atoms with Crippen molar-refractivity contribution in [2.24, 2.45) is 0 Å². The molecular formula is C6H7ClO2. The molecule has 9 heavy (non-hydrogen) atoms. The minimum atomic E-state index is -0.995. The van der Waals surface area contributed by atoms with Crippen molar-refractivity contribution in [2.45, 2.75) is 6.42 Å². The molecule has 0 bridgehead atoms. The molecule has 0 rings (SSSR count). The Balaban J connectivity index is 4.00. The molecule has 0 aliphatic rings. The Morgan fingerprint density at radius 3 is 2.44 bits per heavy atom. The van der Waals surface area contributed by atoms with Crippen molar-refractivity contribution in [2.75, 3.05) is 0 Å². The van der Waals surface area contributed by atoms with Gasteiger partial charge >= 0.3 is 5.97 Å². The predicted octanol–water partition coefficient (Wildman–Crippen LogP) is 1.77. The van der Waals surface area contributed by atoms with Crippen LogP contribution in [-0.4, -0.2) is 11.1 Å². The summed E-state index contributed by atoms with van der Waals surface area (Å²) in [6, 6.07) is 0. The molecule has 0 fully saturated rings. The molecule has 3 heteroatoms. The number of hydrogen-bond acceptors (Lipinski definition) is 1. The Kier molecular flexibility index (Phi) is 3.80. The van der Waals surface area contributed by atoms with Crippen LogP contribution in [0.25, 0.3) is 0 Å². The molecule has 0 aromatic heterocycles. The minimum absolute atomic E-state index is 0.159. The first kappa shape index (κ1) is 8.24. The molecule has 0 radical (unpaired) electrons. The molecule has 0 atom stereocenters. The van der Waals surface area contributed by atoms with Gasteiger partial charge in [0.05, 0.1) is 5.57 Å². The maximum absolute atomic E-state index is 10.1. The highest BCUT2D eigenvalue weighted by molar-refractivity contribution is 6.27. The van der Waals surface area contributed by atoms with E-state index in [0.717, 1.165) is 5.54 Å². The number of carboxylic acids is 1. The monoisotopic (exact) mass is 146 g/mol. The molecule has 0 spiro atoms. The van der Waals surface area contributed by atoms with E-state index >= 15 is 0 Å². The zero-order valence-corrected chi connectivity index (χ0v) is 5.56. The van der Waals surface area contributed by atoms with Crippen molar-refractivity contribution in [3.8, 4) is 0 Å². The lowest BCUT2D eigenvalue weighted by Crippen LogP contribution is -1.97. The maximum atomic E-state index is 10.1. The van der Waals surface area contributed by atoms with Gasteiger partial charge in [-0.05, 0) is 6.42 Å². The Morgan fingerprint density at radius 1 is 1.78 bits per heavy atom. The van der Waals surface area contributed by atoms with E-state index < -0.39 is 5.97 Å². The standard InChI is InChI=1S/C6H7ClO2/c1-2-3-5(4-7)6(8)9/h2,4H,1,3H2,(H,8,9)/b5-4+. The van der Waals surface area contributed by atoms with E-state index in [0.29, 0.717) is 6.42 Å². The van der Waals surface area contributed by atoms with Gasteiger partial charge < -0.3 is 5.11 Å². The number of halogens is 1. The van der Waals surface area contributed by atoms with Crippen molar-refractivity contribution >= 4 is 17.6 Å². The zero-order valence-electron chi connectivity index (χ0n) is 4.80. The second-order valence-electron chi connectivity index (χ2n) is 1.43. The molecule has 0 amide bonds. The summed E-state index contributed by atoms with van der Waals surface area (Å²) < 4.78 is 0. The second-order valence-corrected chi connectivity index (χ2v) is 1.65. The number of carboxylic acid groups (broad SMARTS) is 1. The van der Waals surface area contributed by atoms with Crippen LogP contribution in [0.3, 0.4) is 0 Å². The summed E-state index contributed by atoms with van der Waals surface area (Å²) in [5.41, 5.74) is 1.20. The maximum Gasteiger partial charge on any atom is 0.332 e. The highest BCUT2D eigenvalue weighted by atomic mass is 35.5. The van der Waals surface area contributed by atoms with E-state index in [1.165, 1.54) is 6.08 Å². The summed E-state index contributed by atoms with van der Waals surface area (Å²) in [4.78, 5) is 10.1. The molecule has 0 saturated carbocycles. The summed E-state index contributed by atoms with van der Waals surface area (Å²) in [7, 11) is 0. The Hall–Kier alpha value is -0.760. The van der Waals surface area contributed by atoms with Gasteiger partial charge in [0.2, 0.25) is 0 Å². The number of aliphatic carboxylic acids is 1. The highest BCUT2D eigenvalue weighted by Gasteiger charge is 2.01. The van der Waals surface area contributed by atoms with Gasteiger partial charge in [0.25, 0.3) is 0 Å². The van der Waals surface area contributed by atoms with Crippen LogP contribution in [0.5, 0.6) is 0 Å². The van der Waals surface area contributed by atoms with Crippen LogP contribution >= 0.6 is 11.6 Å². The van der Waals surface area contributed by atoms with E-state index in [1.54, 1.807) is 0 Å². The van der Waals surface area contributed by atoms with Crippen molar-refractivity contribution in [3.05, 3.63) is 23.8 Å². The average Bonchev–Trinajstić information content (AvgIpc) is 1.82. The molecule has 0 aliphatic carbocycles. The Morgan fingerprint density at radius 2 is 2.33 bits per heavy atom. The SMILES string of the molecule is C=CC/C(=C\Cl)C(=O)O. The van der Waals surface area contributed by atoms with E-state index in [-0.39, 0.29) is 5.57 Å². The smallest absolute Gasteiger partial charge is 0.332 e. The third-order valence-electron chi connectivity index (χ3n) is 0.771. The van der Waals surface area contributed by atoms with Crippen LogP contribution in [0.1, 0.15) is 6.42 Å². The van der Waals surface area contributed by atoms with Gasteiger partial charge in [-0.3, -0.25) is 0 Å². The quantitative estimate of drug-likeness (QED) is 0.487. The van der Waals surface area contributed by atoms with Gasteiger partial charge in [-0.25, -0.2) is 4.79 Å². The van der Waals surface area contributed by atoms with E-state index in [1.807, 2.05) is 0 Å². The molecule has 1 N–H and O–H groups in total. The van der Waals surface area contributed by atoms with Crippen LogP contribution < -0.4 is 0 Å². The number of rotatable bonds is 3. The van der Waals surface area contributed by atoms with E-state index in [9.17, 15) is 4.79 Å². The van der Waals surface area contributed by atoms with E-state index in [4.69, 9.17) is 16.7 Å². The molecule has 0 aromatic rings. The van der Waals surface area contributed by atoms with Crippen molar-refractivity contribution < 1.29 is 9.90 Å². The fourth-order valence-electron chi connectivity index (χ4n) is 0.334. The number of hydrogen-bond donors (Lipinski definition) is 1. The van der Waals surface area contributed by atoms with Crippen molar-refractivity contribution in [1.82, 2.24) is 0 Å². The van der Waals surface area contributed by atoms with Gasteiger partial charge in [0.15, 0.2) is 0 Å². The van der Waals surface area contributed by atoms with Crippen LogP contribution in [0.15, 0.2) is 23.8 Å². The lowest BCUT2D eigenvalue weighted by atomic mass is 10.2. The molecule has 50 valence electrons. The second kappa shape index (κ2) is 4.15. The highest BCUT2D eigenvalue weighted by Crippen LogP contribution is 2.02. The normalized spacial score (nSPS) is 11.0. The van der Waals surface area contributed by atoms with Gasteiger partial charge in [0, 0.05) is 5.54 Å². The van der Waals surface area contributed by atoms with Gasteiger partial charge in [-0.15, -0.1) is 6.58 Å². The topological polar surface area (TPSA) is 37.3 Å². The molecule has 0 saturated heterocycles. The first-order chi connectivity index (χ1) is 4.22. The summed E-state index contributed by atoms with van der Waals surface area (Å²) in [5.74, 6) is -0.995. The molecular weight excluding hydrogens is 140 g/mol. The lowest BCUT2D eigenvalue weighted by Gasteiger charge is -1.91. The molecule has 2 nitrogen and oxygen atoms in total. The Bertz CT molecular complexity index is 149. The van der Waals surface area contributed by atoms with Crippen LogP contribution in [0.4, 0.5) is 0 Å². The van der Waals surface area contributed by atoms with Gasteiger partial charge in [0.1, 0.15) is 0 Å². The first-order valence-corrected chi connectivity index (χ1v) is 2.79. The summed E-state index contributed by atoms with van der Waals surface area (Å²) >= 11 is 5.15. The van der Waals surface area contributed by atoms with Crippen LogP contribution in [-0.2, 0) is 4.79 Å².